The van der Waals surface area contributed by atoms with Gasteiger partial charge in [-0.15, -0.1) is 0 Å². The summed E-state index contributed by atoms with van der Waals surface area (Å²) in [6, 6.07) is 10.5. The average molecular weight is 387 g/mol. The number of likely N-dealkylation sites (tertiary alicyclic amines) is 1. The summed E-state index contributed by atoms with van der Waals surface area (Å²) in [6.45, 7) is 4.93. The number of piperidine rings is 1. The molecule has 1 aromatic rings. The van der Waals surface area contributed by atoms with E-state index in [0.29, 0.717) is 6.61 Å². The van der Waals surface area contributed by atoms with E-state index >= 15 is 0 Å². The topological polar surface area (TPSA) is 53.0 Å². The fourth-order valence-electron chi connectivity index (χ4n) is 5.89. The summed E-state index contributed by atoms with van der Waals surface area (Å²) in [6.07, 6.45) is 7.51. The monoisotopic (exact) mass is 386 g/mol. The lowest BCUT2D eigenvalue weighted by Gasteiger charge is -2.52. The molecular formula is C23H34N2O3. The van der Waals surface area contributed by atoms with Crippen LogP contribution in [0, 0.1) is 0 Å². The average Bonchev–Trinajstić information content (AvgIpc) is 3.05. The van der Waals surface area contributed by atoms with E-state index in [4.69, 9.17) is 4.74 Å². The maximum atomic E-state index is 13.0. The van der Waals surface area contributed by atoms with E-state index < -0.39 is 5.54 Å². The highest BCUT2D eigenvalue weighted by Crippen LogP contribution is 2.45. The molecule has 5 heteroatoms. The Hall–Kier alpha value is -1.59. The Bertz CT molecular complexity index is 664. The Morgan fingerprint density at radius 2 is 1.75 bits per heavy atom. The van der Waals surface area contributed by atoms with Crippen molar-refractivity contribution in [3.8, 4) is 0 Å². The zero-order chi connectivity index (χ0) is 19.6. The molecule has 3 fully saturated rings. The molecule has 1 atom stereocenters. The van der Waals surface area contributed by atoms with Crippen molar-refractivity contribution >= 4 is 11.7 Å². The highest BCUT2D eigenvalue weighted by molar-refractivity contribution is 5.81. The molecule has 1 aromatic carbocycles. The van der Waals surface area contributed by atoms with Crippen molar-refractivity contribution in [3.63, 3.8) is 0 Å². The smallest absolute Gasteiger partial charge is 0.326 e. The molecule has 4 rings (SSSR count). The molecule has 28 heavy (non-hydrogen) atoms. The van der Waals surface area contributed by atoms with Crippen molar-refractivity contribution in [1.29, 1.82) is 0 Å². The van der Waals surface area contributed by atoms with Gasteiger partial charge in [-0.1, -0.05) is 37.5 Å². The van der Waals surface area contributed by atoms with Gasteiger partial charge in [0.15, 0.2) is 0 Å². The SMILES string of the molecule is CCOC(=O)C1(N2CCC3(CC2)[C@@H](O)CCN3c2ccccc2)CCCCC1. The molecule has 1 spiro atoms. The van der Waals surface area contributed by atoms with Crippen LogP contribution in [-0.4, -0.2) is 59.4 Å². The molecule has 2 saturated heterocycles. The molecule has 1 N–H and O–H groups in total. The number of carbonyl (C=O) groups excluding carboxylic acids is 1. The minimum Gasteiger partial charge on any atom is -0.465 e. The number of aliphatic hydroxyl groups is 1. The summed E-state index contributed by atoms with van der Waals surface area (Å²) in [5.74, 6) is -0.0301. The first-order chi connectivity index (χ1) is 13.6. The lowest BCUT2D eigenvalue weighted by atomic mass is 9.76. The van der Waals surface area contributed by atoms with Crippen LogP contribution in [-0.2, 0) is 9.53 Å². The van der Waals surface area contributed by atoms with Crippen molar-refractivity contribution in [2.45, 2.75) is 75.5 Å². The quantitative estimate of drug-likeness (QED) is 0.804. The summed E-state index contributed by atoms with van der Waals surface area (Å²) < 4.78 is 5.53. The second kappa shape index (κ2) is 8.03. The van der Waals surface area contributed by atoms with E-state index in [0.717, 1.165) is 64.6 Å². The number of benzene rings is 1. The molecule has 0 amide bonds. The van der Waals surface area contributed by atoms with Gasteiger partial charge < -0.3 is 14.7 Å². The minimum atomic E-state index is -0.447. The number of para-hydroxylation sites is 1. The van der Waals surface area contributed by atoms with E-state index in [9.17, 15) is 9.90 Å². The predicted molar refractivity (Wildman–Crippen MR) is 110 cm³/mol. The largest absolute Gasteiger partial charge is 0.465 e. The zero-order valence-corrected chi connectivity index (χ0v) is 17.1. The van der Waals surface area contributed by atoms with Crippen molar-refractivity contribution < 1.29 is 14.6 Å². The first-order valence-electron chi connectivity index (χ1n) is 11.1. The van der Waals surface area contributed by atoms with Gasteiger partial charge in [0.25, 0.3) is 0 Å². The molecule has 0 aromatic heterocycles. The van der Waals surface area contributed by atoms with Crippen LogP contribution >= 0.6 is 0 Å². The number of hydrogen-bond acceptors (Lipinski definition) is 5. The van der Waals surface area contributed by atoms with Gasteiger partial charge in [-0.25, -0.2) is 0 Å². The van der Waals surface area contributed by atoms with E-state index in [2.05, 4.69) is 34.1 Å². The Kier molecular flexibility index (Phi) is 5.66. The van der Waals surface area contributed by atoms with Crippen LogP contribution in [0.1, 0.15) is 58.3 Å². The number of hydrogen-bond donors (Lipinski definition) is 1. The number of rotatable bonds is 4. The van der Waals surface area contributed by atoms with E-state index in [1.165, 1.54) is 12.1 Å². The Labute approximate surface area is 168 Å². The fourth-order valence-corrected chi connectivity index (χ4v) is 5.89. The van der Waals surface area contributed by atoms with Gasteiger partial charge in [-0.3, -0.25) is 9.69 Å². The molecule has 154 valence electrons. The maximum Gasteiger partial charge on any atom is 0.326 e. The number of aliphatic hydroxyl groups excluding tert-OH is 1. The third-order valence-electron chi connectivity index (χ3n) is 7.42. The number of carbonyl (C=O) groups is 1. The van der Waals surface area contributed by atoms with E-state index in [1.807, 2.05) is 13.0 Å². The first-order valence-corrected chi connectivity index (χ1v) is 11.1. The van der Waals surface area contributed by atoms with E-state index in [-0.39, 0.29) is 17.6 Å². The van der Waals surface area contributed by atoms with Gasteiger partial charge in [0, 0.05) is 25.3 Å². The van der Waals surface area contributed by atoms with Crippen LogP contribution < -0.4 is 4.90 Å². The second-order valence-corrected chi connectivity index (χ2v) is 8.69. The van der Waals surface area contributed by atoms with Crippen LogP contribution in [0.5, 0.6) is 0 Å². The number of anilines is 1. The molecule has 2 aliphatic heterocycles. The van der Waals surface area contributed by atoms with Gasteiger partial charge in [-0.05, 0) is 51.2 Å². The number of ether oxygens (including phenoxy) is 1. The third kappa shape index (κ3) is 3.22. The molecule has 3 aliphatic rings. The van der Waals surface area contributed by atoms with Crippen molar-refractivity contribution in [3.05, 3.63) is 30.3 Å². The summed E-state index contributed by atoms with van der Waals surface area (Å²) in [7, 11) is 0. The van der Waals surface area contributed by atoms with E-state index in [1.54, 1.807) is 0 Å². The summed E-state index contributed by atoms with van der Waals surface area (Å²) in [5, 5.41) is 10.9. The Morgan fingerprint density at radius 3 is 2.39 bits per heavy atom. The highest BCUT2D eigenvalue weighted by atomic mass is 16.5. The second-order valence-electron chi connectivity index (χ2n) is 8.69. The molecule has 0 radical (unpaired) electrons. The molecule has 2 heterocycles. The molecular weight excluding hydrogens is 352 g/mol. The van der Waals surface area contributed by atoms with Crippen LogP contribution in [0.4, 0.5) is 5.69 Å². The molecule has 0 bridgehead atoms. The van der Waals surface area contributed by atoms with Gasteiger partial charge in [0.1, 0.15) is 5.54 Å². The Balaban J connectivity index is 1.54. The van der Waals surface area contributed by atoms with Crippen molar-refractivity contribution in [2.24, 2.45) is 0 Å². The molecule has 0 unspecified atom stereocenters. The Morgan fingerprint density at radius 1 is 1.07 bits per heavy atom. The lowest BCUT2D eigenvalue weighted by Crippen LogP contribution is -2.64. The molecule has 5 nitrogen and oxygen atoms in total. The lowest BCUT2D eigenvalue weighted by molar-refractivity contribution is -0.162. The molecule has 1 aliphatic carbocycles. The third-order valence-corrected chi connectivity index (χ3v) is 7.42. The van der Waals surface area contributed by atoms with Crippen LogP contribution in [0.25, 0.3) is 0 Å². The normalized spacial score (nSPS) is 27.1. The fraction of sp³-hybridized carbons (Fsp3) is 0.696. The minimum absolute atomic E-state index is 0.0301. The van der Waals surface area contributed by atoms with Gasteiger partial charge in [-0.2, -0.15) is 0 Å². The van der Waals surface area contributed by atoms with Crippen molar-refractivity contribution in [2.75, 3.05) is 31.1 Å². The summed E-state index contributed by atoms with van der Waals surface area (Å²) in [4.78, 5) is 17.8. The first kappa shape index (κ1) is 19.7. The van der Waals surface area contributed by atoms with Gasteiger partial charge in [0.05, 0.1) is 18.2 Å². The van der Waals surface area contributed by atoms with Crippen molar-refractivity contribution in [1.82, 2.24) is 4.90 Å². The predicted octanol–water partition coefficient (Wildman–Crippen LogP) is 3.36. The van der Waals surface area contributed by atoms with Crippen LogP contribution in [0.3, 0.4) is 0 Å². The van der Waals surface area contributed by atoms with Crippen LogP contribution in [0.2, 0.25) is 0 Å². The van der Waals surface area contributed by atoms with Gasteiger partial charge in [0.2, 0.25) is 0 Å². The van der Waals surface area contributed by atoms with Gasteiger partial charge >= 0.3 is 5.97 Å². The molecule has 1 saturated carbocycles. The highest BCUT2D eigenvalue weighted by Gasteiger charge is 2.54. The summed E-state index contributed by atoms with van der Waals surface area (Å²) >= 11 is 0. The number of esters is 1. The summed E-state index contributed by atoms with van der Waals surface area (Å²) in [5.41, 5.74) is 0.546. The maximum absolute atomic E-state index is 13.0. The number of nitrogens with zero attached hydrogens (tertiary/aromatic N) is 2. The standard InChI is InChI=1S/C23H34N2O3/c1-2-28-21(27)23(12-7-4-8-13-23)24-17-14-22(15-18-24)20(26)11-16-25(22)19-9-5-3-6-10-19/h3,5-6,9-10,20,26H,2,4,7-8,11-18H2,1H3/t20-/m0/s1. The zero-order valence-electron chi connectivity index (χ0n) is 17.1. The van der Waals surface area contributed by atoms with Crippen LogP contribution in [0.15, 0.2) is 30.3 Å².